The first kappa shape index (κ1) is 13.2. The molecule has 98 valence electrons. The van der Waals surface area contributed by atoms with Crippen molar-refractivity contribution in [3.05, 3.63) is 65.5 Å². The van der Waals surface area contributed by atoms with Gasteiger partial charge in [0.2, 0.25) is 0 Å². The number of rotatable bonds is 5. The van der Waals surface area contributed by atoms with Crippen LogP contribution in [0.1, 0.15) is 15.9 Å². The van der Waals surface area contributed by atoms with Crippen molar-refractivity contribution in [3.63, 3.8) is 0 Å². The van der Waals surface area contributed by atoms with Gasteiger partial charge in [0, 0.05) is 5.56 Å². The molecule has 0 saturated carbocycles. The Morgan fingerprint density at radius 2 is 1.68 bits per heavy atom. The van der Waals surface area contributed by atoms with E-state index >= 15 is 0 Å². The zero-order valence-corrected chi connectivity index (χ0v) is 10.2. The van der Waals surface area contributed by atoms with Crippen LogP contribution in [0.4, 0.5) is 4.39 Å². The Balaban J connectivity index is 1.94. The summed E-state index contributed by atoms with van der Waals surface area (Å²) in [6, 6.07) is 12.1. The monoisotopic (exact) mass is 260 g/mol. The average molecular weight is 260 g/mol. The number of Topliss-reactive ketones (excluding diaryl/α,β-unsaturated/α-hetero) is 1. The summed E-state index contributed by atoms with van der Waals surface area (Å²) in [5, 5.41) is 8.89. The number of carbonyl (C=O) groups is 1. The van der Waals surface area contributed by atoms with Gasteiger partial charge in [-0.3, -0.25) is 4.79 Å². The summed E-state index contributed by atoms with van der Waals surface area (Å²) in [6.45, 7) is -0.140. The van der Waals surface area contributed by atoms with Gasteiger partial charge in [0.05, 0.1) is 6.61 Å². The second-order valence-electron chi connectivity index (χ2n) is 4.02. The number of hydrogen-bond acceptors (Lipinski definition) is 3. The number of benzene rings is 2. The molecule has 0 saturated heterocycles. The van der Waals surface area contributed by atoms with E-state index in [1.807, 2.05) is 0 Å². The van der Waals surface area contributed by atoms with Gasteiger partial charge in [-0.25, -0.2) is 4.39 Å². The van der Waals surface area contributed by atoms with Gasteiger partial charge in [0.1, 0.15) is 11.6 Å². The van der Waals surface area contributed by atoms with Crippen molar-refractivity contribution in [1.29, 1.82) is 0 Å². The van der Waals surface area contributed by atoms with Crippen molar-refractivity contribution < 1.29 is 19.0 Å². The first-order valence-electron chi connectivity index (χ1n) is 5.80. The second kappa shape index (κ2) is 6.11. The first-order valence-corrected chi connectivity index (χ1v) is 5.80. The molecule has 0 aliphatic carbocycles. The number of halogens is 1. The van der Waals surface area contributed by atoms with Crippen LogP contribution in [0.15, 0.2) is 48.5 Å². The third kappa shape index (κ3) is 3.63. The van der Waals surface area contributed by atoms with E-state index in [9.17, 15) is 9.18 Å². The van der Waals surface area contributed by atoms with Crippen molar-refractivity contribution in [1.82, 2.24) is 0 Å². The smallest absolute Gasteiger partial charge is 0.200 e. The highest BCUT2D eigenvalue weighted by atomic mass is 19.1. The maximum Gasteiger partial charge on any atom is 0.200 e. The normalized spacial score (nSPS) is 10.2. The number of ketones is 1. The molecular formula is C15H13FO3. The Labute approximate surface area is 110 Å². The van der Waals surface area contributed by atoms with Crippen LogP contribution >= 0.6 is 0 Å². The summed E-state index contributed by atoms with van der Waals surface area (Å²) in [6.07, 6.45) is 0. The van der Waals surface area contributed by atoms with E-state index in [-0.39, 0.29) is 24.8 Å². The van der Waals surface area contributed by atoms with E-state index < -0.39 is 0 Å². The van der Waals surface area contributed by atoms with Gasteiger partial charge in [0.25, 0.3) is 0 Å². The number of hydrogen-bond donors (Lipinski definition) is 1. The Kier molecular flexibility index (Phi) is 4.26. The second-order valence-corrected chi connectivity index (χ2v) is 4.02. The molecule has 0 radical (unpaired) electrons. The van der Waals surface area contributed by atoms with Gasteiger partial charge >= 0.3 is 0 Å². The molecule has 0 atom stereocenters. The molecule has 3 nitrogen and oxygen atoms in total. The summed E-state index contributed by atoms with van der Waals surface area (Å²) in [5.74, 6) is -0.0454. The fourth-order valence-electron chi connectivity index (χ4n) is 1.56. The minimum absolute atomic E-state index is 0.0329. The number of ether oxygens (including phenoxy) is 1. The summed E-state index contributed by atoms with van der Waals surface area (Å²) in [7, 11) is 0. The molecule has 0 spiro atoms. The zero-order valence-electron chi connectivity index (χ0n) is 10.2. The van der Waals surface area contributed by atoms with E-state index in [0.29, 0.717) is 11.3 Å². The molecule has 19 heavy (non-hydrogen) atoms. The van der Waals surface area contributed by atoms with Crippen LogP contribution in [0.25, 0.3) is 0 Å². The maximum absolute atomic E-state index is 12.7. The van der Waals surface area contributed by atoms with Gasteiger partial charge in [-0.2, -0.15) is 0 Å². The zero-order chi connectivity index (χ0) is 13.7. The topological polar surface area (TPSA) is 46.5 Å². The van der Waals surface area contributed by atoms with Crippen molar-refractivity contribution in [2.45, 2.75) is 6.61 Å². The highest BCUT2D eigenvalue weighted by molar-refractivity contribution is 5.97. The number of carbonyl (C=O) groups excluding carboxylic acids is 1. The van der Waals surface area contributed by atoms with E-state index in [1.54, 1.807) is 24.3 Å². The molecule has 2 aromatic rings. The standard InChI is InChI=1S/C15H13FO3/c16-13-5-3-12(4-6-13)15(18)10-19-14-7-1-11(9-17)2-8-14/h1-8,17H,9-10H2. The van der Waals surface area contributed by atoms with Gasteiger partial charge in [-0.05, 0) is 42.0 Å². The minimum Gasteiger partial charge on any atom is -0.485 e. The molecule has 0 aromatic heterocycles. The van der Waals surface area contributed by atoms with Gasteiger partial charge < -0.3 is 9.84 Å². The van der Waals surface area contributed by atoms with Crippen molar-refractivity contribution in [2.75, 3.05) is 6.61 Å². The lowest BCUT2D eigenvalue weighted by Gasteiger charge is -2.06. The largest absolute Gasteiger partial charge is 0.485 e. The fourth-order valence-corrected chi connectivity index (χ4v) is 1.56. The van der Waals surface area contributed by atoms with E-state index in [0.717, 1.165) is 5.56 Å². The Bertz CT molecular complexity index is 547. The predicted octanol–water partition coefficient (Wildman–Crippen LogP) is 2.58. The summed E-state index contributed by atoms with van der Waals surface area (Å²) in [5.41, 5.74) is 1.19. The first-order chi connectivity index (χ1) is 9.19. The quantitative estimate of drug-likeness (QED) is 0.840. The van der Waals surface area contributed by atoms with E-state index in [2.05, 4.69) is 0 Å². The van der Waals surface area contributed by atoms with Crippen molar-refractivity contribution in [2.24, 2.45) is 0 Å². The van der Waals surface area contributed by atoms with Gasteiger partial charge in [0.15, 0.2) is 12.4 Å². The molecule has 0 fully saturated rings. The van der Waals surface area contributed by atoms with Crippen LogP contribution in [0.5, 0.6) is 5.75 Å². The van der Waals surface area contributed by atoms with Crippen LogP contribution in [0, 0.1) is 5.82 Å². The summed E-state index contributed by atoms with van der Waals surface area (Å²) >= 11 is 0. The highest BCUT2D eigenvalue weighted by Crippen LogP contribution is 2.13. The van der Waals surface area contributed by atoms with Crippen LogP contribution < -0.4 is 4.74 Å². The molecule has 0 unspecified atom stereocenters. The van der Waals surface area contributed by atoms with Crippen molar-refractivity contribution >= 4 is 5.78 Å². The van der Waals surface area contributed by atoms with E-state index in [4.69, 9.17) is 9.84 Å². The molecular weight excluding hydrogens is 247 g/mol. The molecule has 2 aromatic carbocycles. The van der Waals surface area contributed by atoms with Crippen LogP contribution in [-0.2, 0) is 6.61 Å². The minimum atomic E-state index is -0.378. The lowest BCUT2D eigenvalue weighted by Crippen LogP contribution is -2.11. The SMILES string of the molecule is O=C(COc1ccc(CO)cc1)c1ccc(F)cc1. The third-order valence-electron chi connectivity index (χ3n) is 2.64. The maximum atomic E-state index is 12.7. The predicted molar refractivity (Wildman–Crippen MR) is 68.6 cm³/mol. The number of aliphatic hydroxyl groups is 1. The van der Waals surface area contributed by atoms with Crippen LogP contribution in [0.2, 0.25) is 0 Å². The highest BCUT2D eigenvalue weighted by Gasteiger charge is 2.06. The lowest BCUT2D eigenvalue weighted by atomic mass is 10.1. The van der Waals surface area contributed by atoms with Crippen LogP contribution in [0.3, 0.4) is 0 Å². The molecule has 2 rings (SSSR count). The average Bonchev–Trinajstić information content (AvgIpc) is 2.46. The molecule has 0 aliphatic rings. The summed E-state index contributed by atoms with van der Waals surface area (Å²) in [4.78, 5) is 11.8. The van der Waals surface area contributed by atoms with Gasteiger partial charge in [-0.1, -0.05) is 12.1 Å². The molecule has 0 heterocycles. The third-order valence-corrected chi connectivity index (χ3v) is 2.64. The Morgan fingerprint density at radius 3 is 2.26 bits per heavy atom. The molecule has 0 bridgehead atoms. The molecule has 1 N–H and O–H groups in total. The molecule has 0 amide bonds. The fraction of sp³-hybridized carbons (Fsp3) is 0.133. The molecule has 0 aliphatic heterocycles. The van der Waals surface area contributed by atoms with Gasteiger partial charge in [-0.15, -0.1) is 0 Å². The lowest BCUT2D eigenvalue weighted by molar-refractivity contribution is 0.0921. The van der Waals surface area contributed by atoms with Crippen molar-refractivity contribution in [3.8, 4) is 5.75 Å². The number of aliphatic hydroxyl groups excluding tert-OH is 1. The Hall–Kier alpha value is -2.20. The summed E-state index contributed by atoms with van der Waals surface area (Å²) < 4.78 is 18.0. The Morgan fingerprint density at radius 1 is 1.05 bits per heavy atom. The molecule has 4 heteroatoms. The van der Waals surface area contributed by atoms with Crippen LogP contribution in [-0.4, -0.2) is 17.5 Å². The van der Waals surface area contributed by atoms with E-state index in [1.165, 1.54) is 24.3 Å².